The topological polar surface area (TPSA) is 102 Å². The Morgan fingerprint density at radius 3 is 2.54 bits per heavy atom. The van der Waals surface area contributed by atoms with Gasteiger partial charge in [-0.25, -0.2) is 0 Å². The van der Waals surface area contributed by atoms with Crippen molar-refractivity contribution in [3.8, 4) is 0 Å². The van der Waals surface area contributed by atoms with Gasteiger partial charge in [0.1, 0.15) is 13.1 Å². The molecule has 2 aromatic rings. The molecule has 0 aliphatic heterocycles. The van der Waals surface area contributed by atoms with E-state index >= 15 is 0 Å². The predicted molar refractivity (Wildman–Crippen MR) is 84.7 cm³/mol. The maximum atomic E-state index is 12.6. The van der Waals surface area contributed by atoms with Crippen LogP contribution in [0.5, 0.6) is 0 Å². The van der Waals surface area contributed by atoms with Crippen LogP contribution in [0.15, 0.2) is 12.3 Å². The van der Waals surface area contributed by atoms with Crippen LogP contribution in [0.2, 0.25) is 0 Å². The number of carboxylic acid groups (broad SMARTS) is 1. The molecule has 1 amide bonds. The second-order valence-corrected chi connectivity index (χ2v) is 5.86. The number of anilines is 1. The van der Waals surface area contributed by atoms with Crippen LogP contribution < -0.4 is 5.32 Å². The van der Waals surface area contributed by atoms with E-state index in [4.69, 9.17) is 5.11 Å². The summed E-state index contributed by atoms with van der Waals surface area (Å²) in [5, 5.41) is 19.0. The molecule has 0 aliphatic rings. The van der Waals surface area contributed by atoms with Crippen molar-refractivity contribution in [3.05, 3.63) is 29.2 Å². The van der Waals surface area contributed by atoms with E-state index in [1.807, 2.05) is 0 Å². The lowest BCUT2D eigenvalue weighted by atomic mass is 9.98. The lowest BCUT2D eigenvalue weighted by Gasteiger charge is -2.13. The van der Waals surface area contributed by atoms with E-state index in [2.05, 4.69) is 15.5 Å². The molecule has 0 fully saturated rings. The van der Waals surface area contributed by atoms with Gasteiger partial charge in [0.05, 0.1) is 11.6 Å². The molecule has 0 bridgehead atoms. The molecule has 0 saturated carbocycles. The maximum absolute atomic E-state index is 12.6. The van der Waals surface area contributed by atoms with Gasteiger partial charge in [-0.1, -0.05) is 0 Å². The summed E-state index contributed by atoms with van der Waals surface area (Å²) >= 11 is 0. The lowest BCUT2D eigenvalue weighted by Crippen LogP contribution is -2.22. The maximum Gasteiger partial charge on any atom is 0.408 e. The first-order chi connectivity index (χ1) is 12.0. The Bertz CT molecular complexity index is 825. The van der Waals surface area contributed by atoms with Gasteiger partial charge in [-0.2, -0.15) is 23.4 Å². The summed E-state index contributed by atoms with van der Waals surface area (Å²) in [6, 6.07) is 1.43. The highest BCUT2D eigenvalue weighted by molar-refractivity contribution is 5.95. The van der Waals surface area contributed by atoms with Gasteiger partial charge in [0.25, 0.3) is 0 Å². The highest BCUT2D eigenvalue weighted by atomic mass is 19.4. The zero-order chi connectivity index (χ0) is 19.6. The Kier molecular flexibility index (Phi) is 5.38. The van der Waals surface area contributed by atoms with E-state index in [1.54, 1.807) is 13.8 Å². The second kappa shape index (κ2) is 7.18. The number of alkyl halides is 3. The van der Waals surface area contributed by atoms with Crippen LogP contribution in [0.4, 0.5) is 19.0 Å². The van der Waals surface area contributed by atoms with Crippen LogP contribution in [0.3, 0.4) is 0 Å². The van der Waals surface area contributed by atoms with Gasteiger partial charge in [0, 0.05) is 23.5 Å². The molecule has 26 heavy (non-hydrogen) atoms. The molecule has 1 atom stereocenters. The fourth-order valence-corrected chi connectivity index (χ4v) is 2.68. The minimum Gasteiger partial charge on any atom is -0.480 e. The van der Waals surface area contributed by atoms with Crippen molar-refractivity contribution in [1.82, 2.24) is 19.6 Å². The molecule has 142 valence electrons. The number of aryl methyl sites for hydroxylation is 1. The van der Waals surface area contributed by atoms with Crippen LogP contribution in [0.1, 0.15) is 29.8 Å². The highest BCUT2D eigenvalue weighted by Crippen LogP contribution is 2.27. The number of rotatable bonds is 6. The first-order valence-corrected chi connectivity index (χ1v) is 7.64. The largest absolute Gasteiger partial charge is 0.480 e. The van der Waals surface area contributed by atoms with Gasteiger partial charge in [0.15, 0.2) is 5.82 Å². The zero-order valence-electron chi connectivity index (χ0n) is 14.3. The normalized spacial score (nSPS) is 12.8. The van der Waals surface area contributed by atoms with Crippen LogP contribution in [-0.2, 0) is 22.7 Å². The molecule has 2 heterocycles. The Hall–Kier alpha value is -2.85. The number of aromatic nitrogens is 4. The van der Waals surface area contributed by atoms with Crippen LogP contribution in [0.25, 0.3) is 0 Å². The van der Waals surface area contributed by atoms with Crippen molar-refractivity contribution in [2.45, 2.75) is 46.0 Å². The van der Waals surface area contributed by atoms with Gasteiger partial charge >= 0.3 is 12.1 Å². The third kappa shape index (κ3) is 4.61. The zero-order valence-corrected chi connectivity index (χ0v) is 14.3. The third-order valence-electron chi connectivity index (χ3n) is 3.78. The van der Waals surface area contributed by atoms with Crippen LogP contribution in [0, 0.1) is 13.8 Å². The highest BCUT2D eigenvalue weighted by Gasteiger charge is 2.31. The van der Waals surface area contributed by atoms with E-state index in [0.29, 0.717) is 11.3 Å². The van der Waals surface area contributed by atoms with Crippen molar-refractivity contribution in [2.75, 3.05) is 5.32 Å². The Labute approximate surface area is 146 Å². The molecule has 0 aromatic carbocycles. The molecule has 2 aromatic heterocycles. The predicted octanol–water partition coefficient (Wildman–Crippen LogP) is 2.09. The lowest BCUT2D eigenvalue weighted by molar-refractivity contribution is -0.143. The first kappa shape index (κ1) is 19.5. The molecule has 0 spiro atoms. The SMILES string of the molecule is Cc1nn(CC(F)(F)F)c(C)c1C(C)C(=O)Nc1ccn(CC(=O)O)n1. The van der Waals surface area contributed by atoms with E-state index in [9.17, 15) is 22.8 Å². The average Bonchev–Trinajstić information content (AvgIpc) is 3.01. The van der Waals surface area contributed by atoms with E-state index in [-0.39, 0.29) is 18.1 Å². The summed E-state index contributed by atoms with van der Waals surface area (Å²) in [6.07, 6.45) is -3.02. The Balaban J connectivity index is 2.15. The number of carbonyl (C=O) groups excluding carboxylic acids is 1. The standard InChI is InChI=1S/C15H18F3N5O3/c1-8(13-9(2)20-23(10(13)3)7-15(16,17)18)14(26)19-11-4-5-22(21-11)6-12(24)25/h4-5,8H,6-7H2,1-3H3,(H,24,25)(H,19,21,26). The monoisotopic (exact) mass is 373 g/mol. The third-order valence-corrected chi connectivity index (χ3v) is 3.78. The van der Waals surface area contributed by atoms with Crippen molar-refractivity contribution in [2.24, 2.45) is 0 Å². The van der Waals surface area contributed by atoms with E-state index in [0.717, 1.165) is 9.36 Å². The summed E-state index contributed by atoms with van der Waals surface area (Å²) in [5.41, 5.74) is 1.02. The molecule has 11 heteroatoms. The molecule has 1 unspecified atom stereocenters. The molecule has 2 N–H and O–H groups in total. The van der Waals surface area contributed by atoms with Crippen molar-refractivity contribution in [3.63, 3.8) is 0 Å². The summed E-state index contributed by atoms with van der Waals surface area (Å²) in [4.78, 5) is 23.0. The summed E-state index contributed by atoms with van der Waals surface area (Å²) in [7, 11) is 0. The number of hydrogen-bond donors (Lipinski definition) is 2. The van der Waals surface area contributed by atoms with Gasteiger partial charge in [-0.3, -0.25) is 19.0 Å². The fourth-order valence-electron chi connectivity index (χ4n) is 2.68. The van der Waals surface area contributed by atoms with Gasteiger partial charge in [-0.05, 0) is 20.8 Å². The number of carbonyl (C=O) groups is 2. The minimum absolute atomic E-state index is 0.154. The summed E-state index contributed by atoms with van der Waals surface area (Å²) < 4.78 is 39.8. The number of amides is 1. The number of carboxylic acids is 1. The first-order valence-electron chi connectivity index (χ1n) is 7.64. The summed E-state index contributed by atoms with van der Waals surface area (Å²) in [6.45, 7) is 2.99. The van der Waals surface area contributed by atoms with Crippen LogP contribution >= 0.6 is 0 Å². The summed E-state index contributed by atoms with van der Waals surface area (Å²) in [5.74, 6) is -2.17. The quantitative estimate of drug-likeness (QED) is 0.807. The number of aliphatic carboxylic acids is 1. The van der Waals surface area contributed by atoms with Gasteiger partial charge in [0.2, 0.25) is 5.91 Å². The Morgan fingerprint density at radius 2 is 1.96 bits per heavy atom. The van der Waals surface area contributed by atoms with E-state index < -0.39 is 30.5 Å². The molecule has 2 rings (SSSR count). The smallest absolute Gasteiger partial charge is 0.408 e. The number of hydrogen-bond acceptors (Lipinski definition) is 4. The van der Waals surface area contributed by atoms with Crippen LogP contribution in [-0.4, -0.2) is 42.7 Å². The van der Waals surface area contributed by atoms with Gasteiger partial charge in [-0.15, -0.1) is 0 Å². The molecule has 0 saturated heterocycles. The number of nitrogens with zero attached hydrogens (tertiary/aromatic N) is 4. The number of halogens is 3. The molecule has 0 radical (unpaired) electrons. The molecule has 8 nitrogen and oxygen atoms in total. The van der Waals surface area contributed by atoms with Gasteiger partial charge < -0.3 is 10.4 Å². The molecule has 0 aliphatic carbocycles. The van der Waals surface area contributed by atoms with Crippen molar-refractivity contribution >= 4 is 17.7 Å². The number of nitrogens with one attached hydrogen (secondary N) is 1. The van der Waals surface area contributed by atoms with Crippen molar-refractivity contribution in [1.29, 1.82) is 0 Å². The fraction of sp³-hybridized carbons (Fsp3) is 0.467. The Morgan fingerprint density at radius 1 is 1.31 bits per heavy atom. The molecular weight excluding hydrogens is 355 g/mol. The minimum atomic E-state index is -4.41. The average molecular weight is 373 g/mol. The van der Waals surface area contributed by atoms with E-state index in [1.165, 1.54) is 19.2 Å². The second-order valence-electron chi connectivity index (χ2n) is 5.86. The molecular formula is C15H18F3N5O3. The van der Waals surface area contributed by atoms with Crippen molar-refractivity contribution < 1.29 is 27.9 Å².